The molecule has 0 aliphatic rings. The lowest BCUT2D eigenvalue weighted by molar-refractivity contribution is 0.102. The number of nitrogens with one attached hydrogen (secondary N) is 1. The lowest BCUT2D eigenvalue weighted by Gasteiger charge is -2.19. The molecule has 162 valence electrons. The molecule has 4 rings (SSSR count). The Morgan fingerprint density at radius 3 is 2.50 bits per heavy atom. The average molecular weight is 468 g/mol. The number of nitrogens with zero attached hydrogens (tertiary/aromatic N) is 4. The van der Waals surface area contributed by atoms with Crippen molar-refractivity contribution in [2.24, 2.45) is 0 Å². The predicted octanol–water partition coefficient (Wildman–Crippen LogP) is 4.00. The van der Waals surface area contributed by atoms with Crippen molar-refractivity contribution in [1.29, 1.82) is 0 Å². The van der Waals surface area contributed by atoms with E-state index >= 15 is 0 Å². The van der Waals surface area contributed by atoms with Gasteiger partial charge in [-0.25, -0.2) is 18.1 Å². The number of sulfonamides is 1. The summed E-state index contributed by atoms with van der Waals surface area (Å²) in [5.41, 5.74) is 1.55. The molecule has 4 aromatic rings. The topological polar surface area (TPSA) is 97.2 Å². The molecule has 1 N–H and O–H groups in total. The summed E-state index contributed by atoms with van der Waals surface area (Å²) in [6, 6.07) is 19.6. The third-order valence-electron chi connectivity index (χ3n) is 4.76. The zero-order chi connectivity index (χ0) is 22.7. The number of aromatic nitrogens is 3. The molecular formula is C22H18ClN5O3S. The van der Waals surface area contributed by atoms with Gasteiger partial charge in [-0.3, -0.25) is 9.10 Å². The van der Waals surface area contributed by atoms with Crippen LogP contribution in [-0.4, -0.2) is 36.1 Å². The van der Waals surface area contributed by atoms with Crippen LogP contribution in [0.15, 0.2) is 90.3 Å². The van der Waals surface area contributed by atoms with Crippen molar-refractivity contribution >= 4 is 38.9 Å². The van der Waals surface area contributed by atoms with Crippen LogP contribution in [0, 0.1) is 0 Å². The number of para-hydroxylation sites is 2. The number of rotatable bonds is 6. The summed E-state index contributed by atoms with van der Waals surface area (Å²) in [5, 5.41) is 7.21. The quantitative estimate of drug-likeness (QED) is 0.462. The van der Waals surface area contributed by atoms with E-state index in [0.717, 1.165) is 0 Å². The number of anilines is 2. The minimum atomic E-state index is -3.86. The third-order valence-corrected chi connectivity index (χ3v) is 6.84. The highest BCUT2D eigenvalue weighted by Crippen LogP contribution is 2.28. The van der Waals surface area contributed by atoms with E-state index in [1.807, 2.05) is 0 Å². The normalized spacial score (nSPS) is 11.2. The minimum absolute atomic E-state index is 0.000836. The highest BCUT2D eigenvalue weighted by molar-refractivity contribution is 7.92. The highest BCUT2D eigenvalue weighted by Gasteiger charge is 2.23. The van der Waals surface area contributed by atoms with E-state index in [1.165, 1.54) is 53.0 Å². The molecule has 0 aliphatic carbocycles. The molecule has 0 saturated carbocycles. The van der Waals surface area contributed by atoms with Crippen LogP contribution in [0.3, 0.4) is 0 Å². The van der Waals surface area contributed by atoms with Crippen LogP contribution in [0.2, 0.25) is 5.02 Å². The van der Waals surface area contributed by atoms with E-state index in [0.29, 0.717) is 22.1 Å². The van der Waals surface area contributed by atoms with Crippen molar-refractivity contribution in [2.45, 2.75) is 4.90 Å². The van der Waals surface area contributed by atoms with Gasteiger partial charge in [-0.1, -0.05) is 41.9 Å². The monoisotopic (exact) mass is 467 g/mol. The zero-order valence-electron chi connectivity index (χ0n) is 16.9. The number of benzene rings is 3. The van der Waals surface area contributed by atoms with Gasteiger partial charge in [-0.2, -0.15) is 5.10 Å². The summed E-state index contributed by atoms with van der Waals surface area (Å²) in [6.07, 6.45) is 2.82. The first-order valence-corrected chi connectivity index (χ1v) is 11.3. The van der Waals surface area contributed by atoms with Gasteiger partial charge in [-0.15, -0.1) is 0 Å². The Morgan fingerprint density at radius 1 is 1.03 bits per heavy atom. The fourth-order valence-electron chi connectivity index (χ4n) is 3.10. The number of hydrogen-bond donors (Lipinski definition) is 1. The molecule has 1 amide bonds. The van der Waals surface area contributed by atoms with Gasteiger partial charge in [0.25, 0.3) is 15.9 Å². The molecule has 0 saturated heterocycles. The number of hydrogen-bond acceptors (Lipinski definition) is 5. The standard InChI is InChI=1S/C22H18ClN5O3S/c1-27(17-8-3-2-4-9-17)32(30,31)18-10-5-7-16(13-18)22(29)26-20-12-6-11-19(23)21(20)28-15-24-14-25-28/h2-15H,1H3,(H,26,29). The van der Waals surface area contributed by atoms with Crippen molar-refractivity contribution in [2.75, 3.05) is 16.7 Å². The van der Waals surface area contributed by atoms with Crippen LogP contribution in [0.5, 0.6) is 0 Å². The second-order valence-corrected chi connectivity index (χ2v) is 9.14. The molecule has 0 spiro atoms. The van der Waals surface area contributed by atoms with E-state index in [9.17, 15) is 13.2 Å². The largest absolute Gasteiger partial charge is 0.320 e. The maximum atomic E-state index is 13.1. The van der Waals surface area contributed by atoms with Gasteiger partial charge < -0.3 is 5.32 Å². The van der Waals surface area contributed by atoms with Crippen molar-refractivity contribution in [3.63, 3.8) is 0 Å². The summed E-state index contributed by atoms with van der Waals surface area (Å²) < 4.78 is 28.8. The maximum absolute atomic E-state index is 13.1. The Kier molecular flexibility index (Phi) is 5.93. The van der Waals surface area contributed by atoms with Gasteiger partial charge in [0.05, 0.1) is 21.3 Å². The van der Waals surface area contributed by atoms with Crippen molar-refractivity contribution in [1.82, 2.24) is 14.8 Å². The second kappa shape index (κ2) is 8.81. The van der Waals surface area contributed by atoms with Gasteiger partial charge in [0.15, 0.2) is 0 Å². The molecule has 10 heteroatoms. The van der Waals surface area contributed by atoms with E-state index in [4.69, 9.17) is 11.6 Å². The van der Waals surface area contributed by atoms with Crippen LogP contribution in [-0.2, 0) is 10.0 Å². The van der Waals surface area contributed by atoms with Crippen LogP contribution >= 0.6 is 11.6 Å². The Morgan fingerprint density at radius 2 is 1.78 bits per heavy atom. The zero-order valence-corrected chi connectivity index (χ0v) is 18.5. The predicted molar refractivity (Wildman–Crippen MR) is 123 cm³/mol. The molecule has 1 aromatic heterocycles. The summed E-state index contributed by atoms with van der Waals surface area (Å²) in [4.78, 5) is 16.9. The molecule has 8 nitrogen and oxygen atoms in total. The Balaban J connectivity index is 1.64. The molecule has 0 radical (unpaired) electrons. The van der Waals surface area contributed by atoms with Gasteiger partial charge in [0, 0.05) is 12.6 Å². The Hall–Kier alpha value is -3.69. The molecule has 32 heavy (non-hydrogen) atoms. The molecule has 0 aliphatic heterocycles. The lowest BCUT2D eigenvalue weighted by atomic mass is 10.2. The number of amides is 1. The van der Waals surface area contributed by atoms with Crippen molar-refractivity contribution in [3.05, 3.63) is 96.0 Å². The molecular weight excluding hydrogens is 450 g/mol. The van der Waals surface area contributed by atoms with Gasteiger partial charge in [0.2, 0.25) is 0 Å². The van der Waals surface area contributed by atoms with Gasteiger partial charge in [0.1, 0.15) is 18.3 Å². The molecule has 0 fully saturated rings. The summed E-state index contributed by atoms with van der Waals surface area (Å²) in [6.45, 7) is 0. The fourth-order valence-corrected chi connectivity index (χ4v) is 4.60. The summed E-state index contributed by atoms with van der Waals surface area (Å²) in [5.74, 6) is -0.493. The number of carbonyl (C=O) groups excluding carboxylic acids is 1. The molecule has 0 unspecified atom stereocenters. The Labute approximate surface area is 190 Å². The molecule has 0 bridgehead atoms. The first kappa shape index (κ1) is 21.5. The van der Waals surface area contributed by atoms with Crippen LogP contribution < -0.4 is 9.62 Å². The van der Waals surface area contributed by atoms with E-state index in [1.54, 1.807) is 48.5 Å². The third kappa shape index (κ3) is 4.20. The van der Waals surface area contributed by atoms with Crippen LogP contribution in [0.1, 0.15) is 10.4 Å². The first-order chi connectivity index (χ1) is 15.4. The number of carbonyl (C=O) groups is 1. The fraction of sp³-hybridized carbons (Fsp3) is 0.0455. The summed E-state index contributed by atoms with van der Waals surface area (Å²) in [7, 11) is -2.40. The number of halogens is 1. The summed E-state index contributed by atoms with van der Waals surface area (Å²) >= 11 is 6.30. The molecule has 3 aromatic carbocycles. The van der Waals surface area contributed by atoms with Crippen molar-refractivity contribution < 1.29 is 13.2 Å². The maximum Gasteiger partial charge on any atom is 0.264 e. The lowest BCUT2D eigenvalue weighted by Crippen LogP contribution is -2.26. The second-order valence-electron chi connectivity index (χ2n) is 6.77. The van der Waals surface area contributed by atoms with E-state index < -0.39 is 15.9 Å². The van der Waals surface area contributed by atoms with E-state index in [-0.39, 0.29) is 10.5 Å². The average Bonchev–Trinajstić information content (AvgIpc) is 3.33. The SMILES string of the molecule is CN(c1ccccc1)S(=O)(=O)c1cccc(C(=O)Nc2cccc(Cl)c2-n2cncn2)c1. The van der Waals surface area contributed by atoms with Crippen LogP contribution in [0.25, 0.3) is 5.69 Å². The molecule has 1 heterocycles. The smallest absolute Gasteiger partial charge is 0.264 e. The van der Waals surface area contributed by atoms with Gasteiger partial charge in [-0.05, 0) is 42.5 Å². The van der Waals surface area contributed by atoms with Crippen molar-refractivity contribution in [3.8, 4) is 5.69 Å². The molecule has 0 atom stereocenters. The van der Waals surface area contributed by atoms with Gasteiger partial charge >= 0.3 is 0 Å². The minimum Gasteiger partial charge on any atom is -0.320 e. The Bertz CT molecular complexity index is 1360. The first-order valence-electron chi connectivity index (χ1n) is 9.47. The highest BCUT2D eigenvalue weighted by atomic mass is 35.5. The van der Waals surface area contributed by atoms with Crippen LogP contribution in [0.4, 0.5) is 11.4 Å². The van der Waals surface area contributed by atoms with E-state index in [2.05, 4.69) is 15.4 Å².